The Balaban J connectivity index is 2.07. The number of urea groups is 1. The van der Waals surface area contributed by atoms with Crippen LogP contribution in [0.1, 0.15) is 11.6 Å². The Hall–Kier alpha value is -2.73. The SMILES string of the molecule is O=C(Nc1ccc(Cl)cc1)N[C@H](C(=O)O)c1ccc(O)cc1. The normalized spacial score (nSPS) is 11.5. The molecule has 2 aromatic rings. The van der Waals surface area contributed by atoms with E-state index in [1.54, 1.807) is 24.3 Å². The molecular weight excluding hydrogens is 308 g/mol. The number of carboxylic acid groups (broad SMARTS) is 1. The van der Waals surface area contributed by atoms with Crippen molar-refractivity contribution in [3.05, 3.63) is 59.1 Å². The van der Waals surface area contributed by atoms with Crippen molar-refractivity contribution < 1.29 is 19.8 Å². The molecule has 0 saturated carbocycles. The van der Waals surface area contributed by atoms with Gasteiger partial charge in [0.1, 0.15) is 5.75 Å². The summed E-state index contributed by atoms with van der Waals surface area (Å²) in [6, 6.07) is 10.1. The van der Waals surface area contributed by atoms with Crippen molar-refractivity contribution in [2.75, 3.05) is 5.32 Å². The molecule has 0 fully saturated rings. The standard InChI is InChI=1S/C15H13ClN2O4/c16-10-3-5-11(6-4-10)17-15(22)18-13(14(20)21)9-1-7-12(19)8-2-9/h1-8,13,19H,(H,20,21)(H2,17,18,22)/t13-/m0/s1. The van der Waals surface area contributed by atoms with E-state index in [0.29, 0.717) is 16.3 Å². The highest BCUT2D eigenvalue weighted by Gasteiger charge is 2.22. The third-order valence-electron chi connectivity index (χ3n) is 2.85. The maximum Gasteiger partial charge on any atom is 0.330 e. The Bertz CT molecular complexity index is 671. The zero-order valence-electron chi connectivity index (χ0n) is 11.3. The highest BCUT2D eigenvalue weighted by Crippen LogP contribution is 2.18. The van der Waals surface area contributed by atoms with E-state index in [-0.39, 0.29) is 5.75 Å². The number of carboxylic acids is 1. The van der Waals surface area contributed by atoms with Gasteiger partial charge < -0.3 is 20.8 Å². The number of hydrogen-bond donors (Lipinski definition) is 4. The molecule has 6 nitrogen and oxygen atoms in total. The van der Waals surface area contributed by atoms with Crippen LogP contribution in [0.25, 0.3) is 0 Å². The number of benzene rings is 2. The highest BCUT2D eigenvalue weighted by molar-refractivity contribution is 6.30. The lowest BCUT2D eigenvalue weighted by atomic mass is 10.1. The van der Waals surface area contributed by atoms with Gasteiger partial charge in [-0.05, 0) is 42.0 Å². The molecule has 22 heavy (non-hydrogen) atoms. The lowest BCUT2D eigenvalue weighted by molar-refractivity contribution is -0.139. The van der Waals surface area contributed by atoms with Gasteiger partial charge in [-0.3, -0.25) is 0 Å². The maximum absolute atomic E-state index is 11.9. The number of nitrogens with one attached hydrogen (secondary N) is 2. The van der Waals surface area contributed by atoms with Gasteiger partial charge in [0.25, 0.3) is 0 Å². The van der Waals surface area contributed by atoms with Gasteiger partial charge in [0.15, 0.2) is 6.04 Å². The van der Waals surface area contributed by atoms with E-state index in [0.717, 1.165) is 0 Å². The number of halogens is 1. The number of carbonyl (C=O) groups is 2. The first-order valence-electron chi connectivity index (χ1n) is 6.30. The van der Waals surface area contributed by atoms with Crippen molar-refractivity contribution in [2.45, 2.75) is 6.04 Å². The van der Waals surface area contributed by atoms with Gasteiger partial charge in [-0.2, -0.15) is 0 Å². The lowest BCUT2D eigenvalue weighted by Gasteiger charge is -2.15. The number of carbonyl (C=O) groups excluding carboxylic acids is 1. The van der Waals surface area contributed by atoms with Crippen molar-refractivity contribution >= 4 is 29.3 Å². The fourth-order valence-electron chi connectivity index (χ4n) is 1.79. The first kappa shape index (κ1) is 15.7. The van der Waals surface area contributed by atoms with Crippen molar-refractivity contribution in [1.82, 2.24) is 5.32 Å². The Kier molecular flexibility index (Phi) is 4.85. The molecular formula is C15H13ClN2O4. The van der Waals surface area contributed by atoms with Crippen LogP contribution in [0.5, 0.6) is 5.75 Å². The molecule has 1 atom stereocenters. The van der Waals surface area contributed by atoms with Crippen LogP contribution in [0, 0.1) is 0 Å². The van der Waals surface area contributed by atoms with Crippen LogP contribution in [0.15, 0.2) is 48.5 Å². The summed E-state index contributed by atoms with van der Waals surface area (Å²) in [6.07, 6.45) is 0. The van der Waals surface area contributed by atoms with Gasteiger partial charge in [0.05, 0.1) is 0 Å². The molecule has 0 heterocycles. The fourth-order valence-corrected chi connectivity index (χ4v) is 1.91. The summed E-state index contributed by atoms with van der Waals surface area (Å²) in [4.78, 5) is 23.2. The third kappa shape index (κ3) is 4.13. The van der Waals surface area contributed by atoms with Crippen molar-refractivity contribution in [2.24, 2.45) is 0 Å². The fraction of sp³-hybridized carbons (Fsp3) is 0.0667. The number of rotatable bonds is 4. The molecule has 2 amide bonds. The second kappa shape index (κ2) is 6.82. The topological polar surface area (TPSA) is 98.7 Å². The number of aliphatic carboxylic acids is 1. The molecule has 7 heteroatoms. The molecule has 0 bridgehead atoms. The zero-order chi connectivity index (χ0) is 16.1. The minimum absolute atomic E-state index is 0.0125. The summed E-state index contributed by atoms with van der Waals surface area (Å²) in [7, 11) is 0. The monoisotopic (exact) mass is 320 g/mol. The van der Waals surface area contributed by atoms with Gasteiger partial charge in [0, 0.05) is 10.7 Å². The van der Waals surface area contributed by atoms with Crippen molar-refractivity contribution in [1.29, 1.82) is 0 Å². The Morgan fingerprint density at radius 1 is 1.00 bits per heavy atom. The van der Waals surface area contributed by atoms with E-state index >= 15 is 0 Å². The predicted octanol–water partition coefficient (Wildman–Crippen LogP) is 2.99. The summed E-state index contributed by atoms with van der Waals surface area (Å²) in [5.41, 5.74) is 0.827. The van der Waals surface area contributed by atoms with Crippen LogP contribution >= 0.6 is 11.6 Å². The first-order valence-corrected chi connectivity index (χ1v) is 6.68. The second-order valence-electron chi connectivity index (χ2n) is 4.47. The summed E-state index contributed by atoms with van der Waals surface area (Å²) >= 11 is 5.74. The molecule has 0 saturated heterocycles. The Labute approximate surface area is 131 Å². The Morgan fingerprint density at radius 2 is 1.59 bits per heavy atom. The van der Waals surface area contributed by atoms with Crippen LogP contribution in [-0.4, -0.2) is 22.2 Å². The van der Waals surface area contributed by atoms with E-state index in [9.17, 15) is 19.8 Å². The molecule has 0 unspecified atom stereocenters. The van der Waals surface area contributed by atoms with Crippen LogP contribution < -0.4 is 10.6 Å². The summed E-state index contributed by atoms with van der Waals surface area (Å²) in [5.74, 6) is -1.20. The molecule has 0 spiro atoms. The second-order valence-corrected chi connectivity index (χ2v) is 4.90. The molecule has 114 valence electrons. The molecule has 0 aliphatic heterocycles. The minimum atomic E-state index is -1.23. The molecule has 0 aliphatic carbocycles. The number of hydrogen-bond acceptors (Lipinski definition) is 3. The van der Waals surface area contributed by atoms with Gasteiger partial charge in [-0.25, -0.2) is 9.59 Å². The van der Waals surface area contributed by atoms with E-state index in [4.69, 9.17) is 11.6 Å². The lowest BCUT2D eigenvalue weighted by Crippen LogP contribution is -2.36. The van der Waals surface area contributed by atoms with Gasteiger partial charge in [-0.1, -0.05) is 23.7 Å². The van der Waals surface area contributed by atoms with E-state index in [1.165, 1.54) is 24.3 Å². The van der Waals surface area contributed by atoms with Gasteiger partial charge in [0.2, 0.25) is 0 Å². The highest BCUT2D eigenvalue weighted by atomic mass is 35.5. The Morgan fingerprint density at radius 3 is 2.14 bits per heavy atom. The van der Waals surface area contributed by atoms with Crippen LogP contribution in [0.3, 0.4) is 0 Å². The molecule has 0 aliphatic rings. The number of phenolic OH excluding ortho intramolecular Hbond substituents is 1. The van der Waals surface area contributed by atoms with E-state index in [2.05, 4.69) is 10.6 Å². The minimum Gasteiger partial charge on any atom is -0.508 e. The summed E-state index contributed by atoms with van der Waals surface area (Å²) in [6.45, 7) is 0. The third-order valence-corrected chi connectivity index (χ3v) is 3.10. The largest absolute Gasteiger partial charge is 0.508 e. The van der Waals surface area contributed by atoms with Crippen molar-refractivity contribution in [3.8, 4) is 5.75 Å². The van der Waals surface area contributed by atoms with Gasteiger partial charge >= 0.3 is 12.0 Å². The quantitative estimate of drug-likeness (QED) is 0.696. The predicted molar refractivity (Wildman–Crippen MR) is 82.1 cm³/mol. The van der Waals surface area contributed by atoms with Crippen LogP contribution in [-0.2, 0) is 4.79 Å². The number of aromatic hydroxyl groups is 1. The molecule has 0 aromatic heterocycles. The van der Waals surface area contributed by atoms with Gasteiger partial charge in [-0.15, -0.1) is 0 Å². The molecule has 0 radical (unpaired) electrons. The van der Waals surface area contributed by atoms with Crippen molar-refractivity contribution in [3.63, 3.8) is 0 Å². The van der Waals surface area contributed by atoms with E-state index < -0.39 is 18.0 Å². The summed E-state index contributed by atoms with van der Waals surface area (Å²) in [5, 5.41) is 23.8. The zero-order valence-corrected chi connectivity index (χ0v) is 12.0. The number of phenols is 1. The van der Waals surface area contributed by atoms with Crippen LogP contribution in [0.4, 0.5) is 10.5 Å². The average Bonchev–Trinajstić information content (AvgIpc) is 2.48. The van der Waals surface area contributed by atoms with Crippen LogP contribution in [0.2, 0.25) is 5.02 Å². The molecule has 2 rings (SSSR count). The smallest absolute Gasteiger partial charge is 0.330 e. The van der Waals surface area contributed by atoms with E-state index in [1.807, 2.05) is 0 Å². The molecule has 2 aromatic carbocycles. The molecule has 4 N–H and O–H groups in total. The number of amides is 2. The maximum atomic E-state index is 11.9. The summed E-state index contributed by atoms with van der Waals surface area (Å²) < 4.78 is 0. The average molecular weight is 321 g/mol. The first-order chi connectivity index (χ1) is 10.5. The number of anilines is 1.